The van der Waals surface area contributed by atoms with Gasteiger partial charge in [-0.3, -0.25) is 9.59 Å². The van der Waals surface area contributed by atoms with Gasteiger partial charge in [0.25, 0.3) is 0 Å². The lowest BCUT2D eigenvalue weighted by Gasteiger charge is -2.05. The molecule has 2 nitrogen and oxygen atoms in total. The molecule has 18 heavy (non-hydrogen) atoms. The average Bonchev–Trinajstić information content (AvgIpc) is 2.33. The first-order valence-electron chi connectivity index (χ1n) is 5.37. The van der Waals surface area contributed by atoms with Crippen LogP contribution in [0, 0.1) is 12.3 Å². The van der Waals surface area contributed by atoms with E-state index in [1.807, 2.05) is 18.2 Å². The van der Waals surface area contributed by atoms with Gasteiger partial charge in [-0.05, 0) is 23.3 Å². The minimum absolute atomic E-state index is 0.0840. The third kappa shape index (κ3) is 5.44. The second-order valence-electron chi connectivity index (χ2n) is 3.74. The molecule has 1 rings (SSSR count). The first kappa shape index (κ1) is 14.9. The lowest BCUT2D eigenvalue weighted by molar-refractivity contribution is -0.109. The summed E-state index contributed by atoms with van der Waals surface area (Å²) in [6.07, 6.45) is 5.40. The van der Waals surface area contributed by atoms with Crippen molar-refractivity contribution >= 4 is 33.8 Å². The van der Waals surface area contributed by atoms with Crippen molar-refractivity contribution in [3.63, 3.8) is 0 Å². The van der Waals surface area contributed by atoms with Crippen LogP contribution in [0.15, 0.2) is 18.2 Å². The van der Waals surface area contributed by atoms with E-state index in [4.69, 9.17) is 6.42 Å². The van der Waals surface area contributed by atoms with Gasteiger partial charge in [-0.1, -0.05) is 35.5 Å². The van der Waals surface area contributed by atoms with Gasteiger partial charge < -0.3 is 0 Å². The Hall–Kier alpha value is -1.18. The van der Waals surface area contributed by atoms with Crippen LogP contribution in [0.25, 0.3) is 0 Å². The summed E-state index contributed by atoms with van der Waals surface area (Å²) in [4.78, 5) is 21.9. The first-order valence-corrected chi connectivity index (χ1v) is 7.34. The van der Waals surface area contributed by atoms with Crippen LogP contribution in [-0.2, 0) is 21.1 Å². The normalized spacial score (nSPS) is 9.83. The van der Waals surface area contributed by atoms with Crippen molar-refractivity contribution in [1.29, 1.82) is 0 Å². The first-order chi connectivity index (χ1) is 8.51. The van der Waals surface area contributed by atoms with Crippen LogP contribution in [0.3, 0.4) is 0 Å². The Balaban J connectivity index is 2.84. The SMILES string of the molecule is C#Cc1cc(CSC(C)=O)cc(CSC(C)=O)c1. The molecular formula is C14H14O2S2. The minimum atomic E-state index is 0.0840. The zero-order valence-electron chi connectivity index (χ0n) is 10.4. The summed E-state index contributed by atoms with van der Waals surface area (Å²) >= 11 is 2.51. The van der Waals surface area contributed by atoms with Gasteiger partial charge in [0.05, 0.1) is 0 Å². The quantitative estimate of drug-likeness (QED) is 0.792. The molecule has 0 unspecified atom stereocenters. The molecule has 0 bridgehead atoms. The number of terminal acetylenes is 1. The predicted molar refractivity (Wildman–Crippen MR) is 78.3 cm³/mol. The van der Waals surface area contributed by atoms with Crippen molar-refractivity contribution in [3.8, 4) is 12.3 Å². The second kappa shape index (κ2) is 7.30. The fourth-order valence-corrected chi connectivity index (χ4v) is 2.46. The fraction of sp³-hybridized carbons (Fsp3) is 0.286. The number of carbonyl (C=O) groups excluding carboxylic acids is 2. The van der Waals surface area contributed by atoms with Crippen molar-refractivity contribution in [2.75, 3.05) is 0 Å². The molecule has 0 aliphatic rings. The molecule has 1 aromatic carbocycles. The van der Waals surface area contributed by atoms with E-state index in [2.05, 4.69) is 5.92 Å². The highest BCUT2D eigenvalue weighted by Crippen LogP contribution is 2.20. The minimum Gasteiger partial charge on any atom is -0.288 e. The molecule has 1 aromatic rings. The highest BCUT2D eigenvalue weighted by Gasteiger charge is 2.04. The summed E-state index contributed by atoms with van der Waals surface area (Å²) in [7, 11) is 0. The number of carbonyl (C=O) groups is 2. The van der Waals surface area contributed by atoms with Crippen molar-refractivity contribution in [2.45, 2.75) is 25.4 Å². The van der Waals surface area contributed by atoms with Crippen LogP contribution in [-0.4, -0.2) is 10.2 Å². The molecule has 0 amide bonds. The molecular weight excluding hydrogens is 264 g/mol. The Labute approximate surface area is 116 Å². The molecule has 0 aromatic heterocycles. The largest absolute Gasteiger partial charge is 0.288 e. The number of thioether (sulfide) groups is 2. The smallest absolute Gasteiger partial charge is 0.186 e. The third-order valence-corrected chi connectivity index (χ3v) is 3.87. The Morgan fingerprint density at radius 1 is 1.06 bits per heavy atom. The molecule has 4 heteroatoms. The van der Waals surface area contributed by atoms with E-state index in [9.17, 15) is 9.59 Å². The Morgan fingerprint density at radius 2 is 1.50 bits per heavy atom. The van der Waals surface area contributed by atoms with Crippen molar-refractivity contribution < 1.29 is 9.59 Å². The zero-order chi connectivity index (χ0) is 13.5. The molecule has 0 heterocycles. The Morgan fingerprint density at radius 3 is 1.83 bits per heavy atom. The summed E-state index contributed by atoms with van der Waals surface area (Å²) < 4.78 is 0. The van der Waals surface area contributed by atoms with Gasteiger partial charge in [0.1, 0.15) is 0 Å². The van der Waals surface area contributed by atoms with E-state index in [0.717, 1.165) is 16.7 Å². The number of benzene rings is 1. The van der Waals surface area contributed by atoms with Crippen molar-refractivity contribution in [3.05, 3.63) is 34.9 Å². The average molecular weight is 278 g/mol. The summed E-state index contributed by atoms with van der Waals surface area (Å²) in [6.45, 7) is 3.09. The lowest BCUT2D eigenvalue weighted by Crippen LogP contribution is -1.92. The molecule has 0 radical (unpaired) electrons. The summed E-state index contributed by atoms with van der Waals surface area (Å²) in [5.74, 6) is 3.82. The van der Waals surface area contributed by atoms with Crippen molar-refractivity contribution in [1.82, 2.24) is 0 Å². The molecule has 0 aliphatic carbocycles. The molecule has 0 aliphatic heterocycles. The van der Waals surface area contributed by atoms with Crippen LogP contribution >= 0.6 is 23.5 Å². The Kier molecular flexibility index (Phi) is 6.03. The summed E-state index contributed by atoms with van der Waals surface area (Å²) in [5.41, 5.74) is 2.82. The molecule has 0 fully saturated rings. The monoisotopic (exact) mass is 278 g/mol. The van der Waals surface area contributed by atoms with Gasteiger partial charge in [0, 0.05) is 30.9 Å². The number of rotatable bonds is 4. The van der Waals surface area contributed by atoms with Crippen LogP contribution in [0.5, 0.6) is 0 Å². The predicted octanol–water partition coefficient (Wildman–Crippen LogP) is 3.23. The van der Waals surface area contributed by atoms with E-state index in [0.29, 0.717) is 11.5 Å². The Bertz CT molecular complexity index is 465. The van der Waals surface area contributed by atoms with Gasteiger partial charge in [-0.15, -0.1) is 6.42 Å². The van der Waals surface area contributed by atoms with E-state index in [1.165, 1.54) is 23.5 Å². The molecule has 0 N–H and O–H groups in total. The standard InChI is InChI=1S/C14H14O2S2/c1-4-12-5-13(8-17-10(2)15)7-14(6-12)9-18-11(3)16/h1,5-7H,8-9H2,2-3H3. The lowest BCUT2D eigenvalue weighted by atomic mass is 10.1. The molecule has 94 valence electrons. The fourth-order valence-electron chi connectivity index (χ4n) is 1.38. The summed E-state index contributed by atoms with van der Waals surface area (Å²) in [6, 6.07) is 5.79. The molecule has 0 saturated heterocycles. The van der Waals surface area contributed by atoms with Gasteiger partial charge in [-0.2, -0.15) is 0 Å². The molecule has 0 atom stereocenters. The zero-order valence-corrected chi connectivity index (χ0v) is 12.0. The van der Waals surface area contributed by atoms with E-state index < -0.39 is 0 Å². The van der Waals surface area contributed by atoms with Crippen LogP contribution in [0.4, 0.5) is 0 Å². The highest BCUT2D eigenvalue weighted by molar-refractivity contribution is 8.13. The number of hydrogen-bond donors (Lipinski definition) is 0. The maximum Gasteiger partial charge on any atom is 0.186 e. The van der Waals surface area contributed by atoms with Gasteiger partial charge in [0.2, 0.25) is 0 Å². The third-order valence-electron chi connectivity index (χ3n) is 2.10. The van der Waals surface area contributed by atoms with Gasteiger partial charge >= 0.3 is 0 Å². The van der Waals surface area contributed by atoms with Crippen LogP contribution in [0.2, 0.25) is 0 Å². The van der Waals surface area contributed by atoms with Crippen LogP contribution < -0.4 is 0 Å². The second-order valence-corrected chi connectivity index (χ2v) is 6.05. The highest BCUT2D eigenvalue weighted by atomic mass is 32.2. The van der Waals surface area contributed by atoms with Crippen LogP contribution in [0.1, 0.15) is 30.5 Å². The maximum absolute atomic E-state index is 10.9. The number of hydrogen-bond acceptors (Lipinski definition) is 4. The van der Waals surface area contributed by atoms with E-state index >= 15 is 0 Å². The van der Waals surface area contributed by atoms with E-state index in [1.54, 1.807) is 13.8 Å². The van der Waals surface area contributed by atoms with Gasteiger partial charge in [-0.25, -0.2) is 0 Å². The van der Waals surface area contributed by atoms with Crippen molar-refractivity contribution in [2.24, 2.45) is 0 Å². The molecule has 0 spiro atoms. The summed E-state index contributed by atoms with van der Waals surface area (Å²) in [5, 5.41) is 0.168. The topological polar surface area (TPSA) is 34.1 Å². The van der Waals surface area contributed by atoms with E-state index in [-0.39, 0.29) is 10.2 Å². The molecule has 0 saturated carbocycles. The maximum atomic E-state index is 10.9. The van der Waals surface area contributed by atoms with Gasteiger partial charge in [0.15, 0.2) is 10.2 Å².